The first kappa shape index (κ1) is 20.6. The Hall–Kier alpha value is -2.17. The summed E-state index contributed by atoms with van der Waals surface area (Å²) in [5, 5.41) is 8.24. The summed E-state index contributed by atoms with van der Waals surface area (Å²) in [5.74, 6) is 0.886. The van der Waals surface area contributed by atoms with Crippen LogP contribution >= 0.6 is 0 Å². The standard InChI is InChI=1S/C18H24N4O4S2/c1-27(23,24)17-12-15(28(19,25)26)7-8-16(17)21-13-14-6-5-9-20-18(14)22-10-3-2-4-11-22/h5-9,12,21H,2-4,10-11,13H2,1H3,(H2,19,25,26). The second-order valence-electron chi connectivity index (χ2n) is 6.86. The molecular weight excluding hydrogens is 400 g/mol. The normalized spacial score (nSPS) is 15.4. The average Bonchev–Trinajstić information content (AvgIpc) is 2.65. The third-order valence-electron chi connectivity index (χ3n) is 4.67. The van der Waals surface area contributed by atoms with Crippen molar-refractivity contribution < 1.29 is 16.8 Å². The highest BCUT2D eigenvalue weighted by atomic mass is 32.2. The lowest BCUT2D eigenvalue weighted by molar-refractivity contribution is 0.572. The molecule has 10 heteroatoms. The van der Waals surface area contributed by atoms with E-state index in [4.69, 9.17) is 5.14 Å². The number of pyridine rings is 1. The number of piperidine rings is 1. The number of benzene rings is 1. The molecule has 0 saturated carbocycles. The molecule has 0 atom stereocenters. The molecule has 0 bridgehead atoms. The molecule has 0 amide bonds. The van der Waals surface area contributed by atoms with Crippen molar-refractivity contribution in [2.75, 3.05) is 29.6 Å². The highest BCUT2D eigenvalue weighted by Crippen LogP contribution is 2.27. The van der Waals surface area contributed by atoms with E-state index < -0.39 is 19.9 Å². The number of nitrogens with one attached hydrogen (secondary N) is 1. The summed E-state index contributed by atoms with van der Waals surface area (Å²) in [6.45, 7) is 2.25. The van der Waals surface area contributed by atoms with E-state index >= 15 is 0 Å². The van der Waals surface area contributed by atoms with Crippen LogP contribution in [0.1, 0.15) is 24.8 Å². The summed E-state index contributed by atoms with van der Waals surface area (Å²) in [6.07, 6.45) is 6.23. The first-order valence-electron chi connectivity index (χ1n) is 8.96. The van der Waals surface area contributed by atoms with Crippen molar-refractivity contribution in [3.05, 3.63) is 42.1 Å². The Morgan fingerprint density at radius 2 is 1.82 bits per heavy atom. The van der Waals surface area contributed by atoms with Gasteiger partial charge < -0.3 is 10.2 Å². The molecule has 1 aliphatic rings. The largest absolute Gasteiger partial charge is 0.380 e. The fourth-order valence-corrected chi connectivity index (χ4v) is 4.78. The molecule has 2 aromatic rings. The second kappa shape index (κ2) is 8.06. The summed E-state index contributed by atoms with van der Waals surface area (Å²) in [5.41, 5.74) is 1.27. The van der Waals surface area contributed by atoms with Crippen molar-refractivity contribution in [3.8, 4) is 0 Å². The summed E-state index contributed by atoms with van der Waals surface area (Å²) in [7, 11) is -7.66. The lowest BCUT2D eigenvalue weighted by Crippen LogP contribution is -2.31. The molecule has 0 radical (unpaired) electrons. The molecule has 1 aromatic carbocycles. The molecular formula is C18H24N4O4S2. The van der Waals surface area contributed by atoms with Gasteiger partial charge in [-0.25, -0.2) is 27.0 Å². The number of anilines is 2. The van der Waals surface area contributed by atoms with E-state index in [9.17, 15) is 16.8 Å². The van der Waals surface area contributed by atoms with Crippen molar-refractivity contribution in [2.45, 2.75) is 35.6 Å². The Balaban J connectivity index is 1.89. The fourth-order valence-electron chi connectivity index (χ4n) is 3.28. The summed E-state index contributed by atoms with van der Waals surface area (Å²) < 4.78 is 47.5. The second-order valence-corrected chi connectivity index (χ2v) is 10.4. The molecule has 28 heavy (non-hydrogen) atoms. The predicted molar refractivity (Wildman–Crippen MR) is 109 cm³/mol. The van der Waals surface area contributed by atoms with Crippen LogP contribution in [0.25, 0.3) is 0 Å². The molecule has 3 N–H and O–H groups in total. The zero-order valence-electron chi connectivity index (χ0n) is 15.6. The van der Waals surface area contributed by atoms with Gasteiger partial charge in [0.05, 0.1) is 15.5 Å². The van der Waals surface area contributed by atoms with Crippen LogP contribution in [0.2, 0.25) is 0 Å². The first-order chi connectivity index (χ1) is 13.2. The van der Waals surface area contributed by atoms with Crippen LogP contribution in [0, 0.1) is 0 Å². The molecule has 1 saturated heterocycles. The molecule has 0 spiro atoms. The van der Waals surface area contributed by atoms with Crippen LogP contribution in [0.3, 0.4) is 0 Å². The maximum Gasteiger partial charge on any atom is 0.238 e. The molecule has 1 aromatic heterocycles. The van der Waals surface area contributed by atoms with E-state index in [1.165, 1.54) is 18.6 Å². The SMILES string of the molecule is CS(=O)(=O)c1cc(S(N)(=O)=O)ccc1NCc1cccnc1N1CCCCC1. The van der Waals surface area contributed by atoms with Gasteiger partial charge >= 0.3 is 0 Å². The maximum absolute atomic E-state index is 12.2. The maximum atomic E-state index is 12.2. The van der Waals surface area contributed by atoms with E-state index in [2.05, 4.69) is 15.2 Å². The predicted octanol–water partition coefficient (Wildman–Crippen LogP) is 1.73. The van der Waals surface area contributed by atoms with Gasteiger partial charge in [0, 0.05) is 37.7 Å². The Bertz CT molecular complexity index is 1060. The number of aromatic nitrogens is 1. The van der Waals surface area contributed by atoms with E-state index in [-0.39, 0.29) is 9.79 Å². The van der Waals surface area contributed by atoms with E-state index in [1.54, 1.807) is 6.20 Å². The highest BCUT2D eigenvalue weighted by Gasteiger charge is 2.19. The number of hydrogen-bond acceptors (Lipinski definition) is 7. The van der Waals surface area contributed by atoms with Crippen LogP contribution in [-0.2, 0) is 26.4 Å². The van der Waals surface area contributed by atoms with Gasteiger partial charge in [-0.05, 0) is 43.5 Å². The number of nitrogens with zero attached hydrogens (tertiary/aromatic N) is 2. The topological polar surface area (TPSA) is 122 Å². The smallest absolute Gasteiger partial charge is 0.238 e. The quantitative estimate of drug-likeness (QED) is 0.724. The van der Waals surface area contributed by atoms with Crippen molar-refractivity contribution in [3.63, 3.8) is 0 Å². The van der Waals surface area contributed by atoms with E-state index in [0.29, 0.717) is 12.2 Å². The van der Waals surface area contributed by atoms with Crippen LogP contribution < -0.4 is 15.4 Å². The van der Waals surface area contributed by atoms with E-state index in [0.717, 1.165) is 49.6 Å². The minimum Gasteiger partial charge on any atom is -0.380 e. The zero-order valence-corrected chi connectivity index (χ0v) is 17.3. The lowest BCUT2D eigenvalue weighted by Gasteiger charge is -2.29. The third-order valence-corrected chi connectivity index (χ3v) is 6.72. The van der Waals surface area contributed by atoms with Gasteiger partial charge in [-0.3, -0.25) is 0 Å². The Kier molecular flexibility index (Phi) is 5.92. The van der Waals surface area contributed by atoms with Gasteiger partial charge in [0.15, 0.2) is 9.84 Å². The average molecular weight is 425 g/mol. The monoisotopic (exact) mass is 424 g/mol. The summed E-state index contributed by atoms with van der Waals surface area (Å²) in [4.78, 5) is 6.39. The Labute approximate surface area is 165 Å². The van der Waals surface area contributed by atoms with Gasteiger partial charge in [0.1, 0.15) is 5.82 Å². The molecule has 2 heterocycles. The molecule has 0 aliphatic carbocycles. The van der Waals surface area contributed by atoms with Gasteiger partial charge in [-0.1, -0.05) is 6.07 Å². The Morgan fingerprint density at radius 1 is 1.11 bits per heavy atom. The van der Waals surface area contributed by atoms with Gasteiger partial charge in [0.25, 0.3) is 0 Å². The number of sulfone groups is 1. The van der Waals surface area contributed by atoms with Crippen LogP contribution in [0.5, 0.6) is 0 Å². The van der Waals surface area contributed by atoms with Crippen LogP contribution in [0.4, 0.5) is 11.5 Å². The van der Waals surface area contributed by atoms with Crippen molar-refractivity contribution in [2.24, 2.45) is 5.14 Å². The minimum absolute atomic E-state index is 0.109. The highest BCUT2D eigenvalue weighted by molar-refractivity contribution is 7.91. The van der Waals surface area contributed by atoms with E-state index in [1.807, 2.05) is 12.1 Å². The minimum atomic E-state index is -4.00. The van der Waals surface area contributed by atoms with Gasteiger partial charge in [0.2, 0.25) is 10.0 Å². The molecule has 3 rings (SSSR count). The number of sulfonamides is 1. The van der Waals surface area contributed by atoms with Gasteiger partial charge in [-0.2, -0.15) is 0 Å². The molecule has 8 nitrogen and oxygen atoms in total. The zero-order chi connectivity index (χ0) is 20.4. The van der Waals surface area contributed by atoms with Crippen molar-refractivity contribution >= 4 is 31.4 Å². The number of nitrogens with two attached hydrogens (primary N) is 1. The number of primary sulfonamides is 1. The fraction of sp³-hybridized carbons (Fsp3) is 0.389. The first-order valence-corrected chi connectivity index (χ1v) is 12.4. The lowest BCUT2D eigenvalue weighted by atomic mass is 10.1. The van der Waals surface area contributed by atoms with Gasteiger partial charge in [-0.15, -0.1) is 0 Å². The molecule has 1 aliphatic heterocycles. The summed E-state index contributed by atoms with van der Waals surface area (Å²) >= 11 is 0. The van der Waals surface area contributed by atoms with Crippen LogP contribution in [0.15, 0.2) is 46.3 Å². The summed E-state index contributed by atoms with van der Waals surface area (Å²) in [6, 6.07) is 7.59. The molecule has 0 unspecified atom stereocenters. The van der Waals surface area contributed by atoms with Crippen LogP contribution in [-0.4, -0.2) is 41.2 Å². The number of hydrogen-bond donors (Lipinski definition) is 2. The van der Waals surface area contributed by atoms with Crippen molar-refractivity contribution in [1.82, 2.24) is 4.98 Å². The molecule has 152 valence electrons. The Morgan fingerprint density at radius 3 is 2.46 bits per heavy atom. The third kappa shape index (κ3) is 4.81. The molecule has 1 fully saturated rings. The van der Waals surface area contributed by atoms with Crippen molar-refractivity contribution in [1.29, 1.82) is 0 Å². The number of rotatable bonds is 6.